The molecule has 0 aliphatic carbocycles. The predicted octanol–water partition coefficient (Wildman–Crippen LogP) is 1.89. The zero-order chi connectivity index (χ0) is 11.8. The summed E-state index contributed by atoms with van der Waals surface area (Å²) in [6.45, 7) is 4.10. The van der Waals surface area contributed by atoms with Crippen LogP contribution in [0.15, 0.2) is 0 Å². The van der Waals surface area contributed by atoms with Crippen LogP contribution in [0.3, 0.4) is 0 Å². The van der Waals surface area contributed by atoms with Gasteiger partial charge >= 0.3 is 5.97 Å². The highest BCUT2D eigenvalue weighted by molar-refractivity contribution is 5.77. The quantitative estimate of drug-likeness (QED) is 0.705. The van der Waals surface area contributed by atoms with E-state index in [-0.39, 0.29) is 18.4 Å². The van der Waals surface area contributed by atoms with E-state index in [2.05, 4.69) is 6.92 Å². The molecule has 0 spiro atoms. The highest BCUT2D eigenvalue weighted by Crippen LogP contribution is 2.07. The van der Waals surface area contributed by atoms with Crippen LogP contribution in [0.5, 0.6) is 0 Å². The fourth-order valence-electron chi connectivity index (χ4n) is 1.42. The second kappa shape index (κ2) is 7.26. The summed E-state index contributed by atoms with van der Waals surface area (Å²) < 4.78 is 0. The van der Waals surface area contributed by atoms with Crippen LogP contribution in [-0.2, 0) is 9.59 Å². The van der Waals surface area contributed by atoms with E-state index < -0.39 is 5.97 Å². The van der Waals surface area contributed by atoms with E-state index in [4.69, 9.17) is 5.11 Å². The summed E-state index contributed by atoms with van der Waals surface area (Å²) in [5.41, 5.74) is 0. The third-order valence-corrected chi connectivity index (χ3v) is 2.54. The average molecular weight is 215 g/mol. The highest BCUT2D eigenvalue weighted by atomic mass is 16.4. The number of carbonyl (C=O) groups excluding carboxylic acids is 1. The number of rotatable bonds is 7. The van der Waals surface area contributed by atoms with E-state index in [1.54, 1.807) is 11.9 Å². The topological polar surface area (TPSA) is 57.6 Å². The summed E-state index contributed by atoms with van der Waals surface area (Å²) in [7, 11) is 1.78. The average Bonchev–Trinajstić information content (AvgIpc) is 2.16. The van der Waals surface area contributed by atoms with Crippen molar-refractivity contribution in [3.8, 4) is 0 Å². The Hall–Kier alpha value is -1.06. The lowest BCUT2D eigenvalue weighted by molar-refractivity contribution is -0.137. The molecule has 0 saturated heterocycles. The SMILES string of the molecule is CCCC(C)N(C)C(=O)CCCC(=O)O. The van der Waals surface area contributed by atoms with Gasteiger partial charge in [-0.2, -0.15) is 0 Å². The van der Waals surface area contributed by atoms with Crippen LogP contribution in [0.1, 0.15) is 46.0 Å². The Morgan fingerprint density at radius 3 is 2.40 bits per heavy atom. The van der Waals surface area contributed by atoms with Crippen LogP contribution in [0.2, 0.25) is 0 Å². The monoisotopic (exact) mass is 215 g/mol. The van der Waals surface area contributed by atoms with Crippen molar-refractivity contribution in [1.82, 2.24) is 4.90 Å². The number of hydrogen-bond donors (Lipinski definition) is 1. The van der Waals surface area contributed by atoms with Crippen molar-refractivity contribution in [3.05, 3.63) is 0 Å². The predicted molar refractivity (Wildman–Crippen MR) is 58.6 cm³/mol. The van der Waals surface area contributed by atoms with Crippen molar-refractivity contribution in [1.29, 1.82) is 0 Å². The fourth-order valence-corrected chi connectivity index (χ4v) is 1.42. The number of amides is 1. The first-order chi connectivity index (χ1) is 6.99. The minimum Gasteiger partial charge on any atom is -0.481 e. The molecule has 4 heteroatoms. The zero-order valence-electron chi connectivity index (χ0n) is 9.82. The number of aliphatic carboxylic acids is 1. The second-order valence-electron chi connectivity index (χ2n) is 3.89. The Labute approximate surface area is 91.3 Å². The van der Waals surface area contributed by atoms with Crippen LogP contribution in [0.25, 0.3) is 0 Å². The van der Waals surface area contributed by atoms with Gasteiger partial charge in [-0.05, 0) is 19.8 Å². The van der Waals surface area contributed by atoms with Crippen molar-refractivity contribution in [2.45, 2.75) is 52.0 Å². The molecule has 0 radical (unpaired) electrons. The number of carboxylic acid groups (broad SMARTS) is 1. The second-order valence-corrected chi connectivity index (χ2v) is 3.89. The van der Waals surface area contributed by atoms with E-state index in [0.29, 0.717) is 12.8 Å². The molecule has 1 atom stereocenters. The first-order valence-corrected chi connectivity index (χ1v) is 5.46. The van der Waals surface area contributed by atoms with Gasteiger partial charge in [-0.3, -0.25) is 9.59 Å². The Bertz CT molecular complexity index is 216. The minimum absolute atomic E-state index is 0.0391. The van der Waals surface area contributed by atoms with Gasteiger partial charge in [0, 0.05) is 25.9 Å². The fraction of sp³-hybridized carbons (Fsp3) is 0.818. The van der Waals surface area contributed by atoms with E-state index in [1.165, 1.54) is 0 Å². The summed E-state index contributed by atoms with van der Waals surface area (Å²) >= 11 is 0. The molecule has 0 aromatic heterocycles. The van der Waals surface area contributed by atoms with Crippen molar-refractivity contribution >= 4 is 11.9 Å². The lowest BCUT2D eigenvalue weighted by Gasteiger charge is -2.24. The molecule has 0 aromatic carbocycles. The molecular formula is C11H21NO3. The number of carboxylic acids is 1. The summed E-state index contributed by atoms with van der Waals surface area (Å²) in [5.74, 6) is -0.802. The van der Waals surface area contributed by atoms with Crippen LogP contribution in [-0.4, -0.2) is 35.0 Å². The Kier molecular flexibility index (Phi) is 6.75. The molecule has 1 unspecified atom stereocenters. The molecule has 0 aliphatic heterocycles. The smallest absolute Gasteiger partial charge is 0.303 e. The van der Waals surface area contributed by atoms with E-state index >= 15 is 0 Å². The first kappa shape index (κ1) is 13.9. The maximum atomic E-state index is 11.6. The summed E-state index contributed by atoms with van der Waals surface area (Å²) in [6.07, 6.45) is 2.87. The van der Waals surface area contributed by atoms with Crippen LogP contribution in [0.4, 0.5) is 0 Å². The Morgan fingerprint density at radius 2 is 1.93 bits per heavy atom. The van der Waals surface area contributed by atoms with Crippen molar-refractivity contribution in [2.24, 2.45) is 0 Å². The molecule has 4 nitrogen and oxygen atoms in total. The molecule has 0 bridgehead atoms. The summed E-state index contributed by atoms with van der Waals surface area (Å²) in [5, 5.41) is 8.43. The molecule has 0 heterocycles. The first-order valence-electron chi connectivity index (χ1n) is 5.46. The number of hydrogen-bond acceptors (Lipinski definition) is 2. The zero-order valence-corrected chi connectivity index (χ0v) is 9.82. The largest absolute Gasteiger partial charge is 0.481 e. The Balaban J connectivity index is 3.83. The molecule has 0 saturated carbocycles. The van der Waals surface area contributed by atoms with E-state index in [0.717, 1.165) is 12.8 Å². The third-order valence-electron chi connectivity index (χ3n) is 2.54. The van der Waals surface area contributed by atoms with Crippen molar-refractivity contribution in [2.75, 3.05) is 7.05 Å². The standard InChI is InChI=1S/C11H21NO3/c1-4-6-9(2)12(3)10(13)7-5-8-11(14)15/h9H,4-8H2,1-3H3,(H,14,15). The van der Waals surface area contributed by atoms with Gasteiger partial charge in [0.15, 0.2) is 0 Å². The molecule has 0 aliphatic rings. The van der Waals surface area contributed by atoms with Gasteiger partial charge in [0.2, 0.25) is 5.91 Å². The normalized spacial score (nSPS) is 12.2. The summed E-state index contributed by atoms with van der Waals surface area (Å²) in [4.78, 5) is 23.5. The van der Waals surface area contributed by atoms with Gasteiger partial charge < -0.3 is 10.0 Å². The van der Waals surface area contributed by atoms with Crippen LogP contribution in [0, 0.1) is 0 Å². The lowest BCUT2D eigenvalue weighted by atomic mass is 10.1. The molecule has 15 heavy (non-hydrogen) atoms. The van der Waals surface area contributed by atoms with E-state index in [9.17, 15) is 9.59 Å². The molecular weight excluding hydrogens is 194 g/mol. The minimum atomic E-state index is -0.841. The molecule has 88 valence electrons. The van der Waals surface area contributed by atoms with Crippen molar-refractivity contribution < 1.29 is 14.7 Å². The van der Waals surface area contributed by atoms with Gasteiger partial charge in [-0.25, -0.2) is 0 Å². The van der Waals surface area contributed by atoms with Crippen molar-refractivity contribution in [3.63, 3.8) is 0 Å². The number of carbonyl (C=O) groups is 2. The van der Waals surface area contributed by atoms with Gasteiger partial charge in [0.25, 0.3) is 0 Å². The molecule has 0 fully saturated rings. The van der Waals surface area contributed by atoms with Gasteiger partial charge in [-0.15, -0.1) is 0 Å². The third kappa shape index (κ3) is 6.10. The molecule has 0 rings (SSSR count). The maximum absolute atomic E-state index is 11.6. The maximum Gasteiger partial charge on any atom is 0.303 e. The summed E-state index contributed by atoms with van der Waals surface area (Å²) in [6, 6.07) is 0.243. The van der Waals surface area contributed by atoms with Gasteiger partial charge in [0.05, 0.1) is 0 Å². The highest BCUT2D eigenvalue weighted by Gasteiger charge is 2.14. The van der Waals surface area contributed by atoms with E-state index in [1.807, 2.05) is 6.92 Å². The molecule has 1 amide bonds. The van der Waals surface area contributed by atoms with Gasteiger partial charge in [0.1, 0.15) is 0 Å². The molecule has 0 aromatic rings. The van der Waals surface area contributed by atoms with Gasteiger partial charge in [-0.1, -0.05) is 13.3 Å². The number of nitrogens with zero attached hydrogens (tertiary/aromatic N) is 1. The molecule has 1 N–H and O–H groups in total. The lowest BCUT2D eigenvalue weighted by Crippen LogP contribution is -2.34. The van der Waals surface area contributed by atoms with Crippen LogP contribution >= 0.6 is 0 Å². The Morgan fingerprint density at radius 1 is 1.33 bits per heavy atom. The van der Waals surface area contributed by atoms with Crippen LogP contribution < -0.4 is 0 Å².